The third-order valence-electron chi connectivity index (χ3n) is 4.47. The Labute approximate surface area is 166 Å². The van der Waals surface area contributed by atoms with Gasteiger partial charge in [-0.1, -0.05) is 18.2 Å². The van der Waals surface area contributed by atoms with Crippen LogP contribution in [0.1, 0.15) is 16.7 Å². The zero-order valence-corrected chi connectivity index (χ0v) is 15.9. The molecular weight excluding hydrogens is 374 g/mol. The fourth-order valence-corrected chi connectivity index (χ4v) is 4.09. The summed E-state index contributed by atoms with van der Waals surface area (Å²) in [4.78, 5) is 12.2. The quantitative estimate of drug-likeness (QED) is 0.470. The molecule has 6 heteroatoms. The summed E-state index contributed by atoms with van der Waals surface area (Å²) in [6.07, 6.45) is 1.61. The van der Waals surface area contributed by atoms with Gasteiger partial charge in [0.25, 0.3) is 0 Å². The minimum Gasteiger partial charge on any atom is -0.489 e. The van der Waals surface area contributed by atoms with Gasteiger partial charge in [-0.2, -0.15) is 0 Å². The normalized spacial score (nSPS) is 11.0. The number of aliphatic carboxylic acids is 1. The van der Waals surface area contributed by atoms with Crippen LogP contribution < -0.4 is 10.5 Å². The second-order valence-corrected chi connectivity index (χ2v) is 7.38. The maximum Gasteiger partial charge on any atom is 0.307 e. The zero-order valence-electron chi connectivity index (χ0n) is 15.1. The molecule has 2 aromatic heterocycles. The predicted molar refractivity (Wildman–Crippen MR) is 110 cm³/mol. The van der Waals surface area contributed by atoms with Crippen LogP contribution >= 0.6 is 11.3 Å². The van der Waals surface area contributed by atoms with Gasteiger partial charge in [0.05, 0.1) is 12.7 Å². The summed E-state index contributed by atoms with van der Waals surface area (Å²) in [5, 5.41) is 12.1. The van der Waals surface area contributed by atoms with E-state index in [0.29, 0.717) is 24.5 Å². The first kappa shape index (κ1) is 18.3. The van der Waals surface area contributed by atoms with Crippen molar-refractivity contribution in [3.63, 3.8) is 0 Å². The fourth-order valence-electron chi connectivity index (χ4n) is 3.15. The summed E-state index contributed by atoms with van der Waals surface area (Å²) in [5.41, 5.74) is 10.3. The molecule has 0 bridgehead atoms. The van der Waals surface area contributed by atoms with E-state index in [1.165, 1.54) is 0 Å². The van der Waals surface area contributed by atoms with Gasteiger partial charge < -0.3 is 20.0 Å². The van der Waals surface area contributed by atoms with E-state index in [9.17, 15) is 4.79 Å². The van der Waals surface area contributed by atoms with Crippen LogP contribution in [0.15, 0.2) is 64.6 Å². The van der Waals surface area contributed by atoms with E-state index < -0.39 is 5.97 Å². The van der Waals surface area contributed by atoms with E-state index >= 15 is 0 Å². The number of hydrogen-bond donors (Lipinski definition) is 2. The number of carboxylic acid groups (broad SMARTS) is 1. The molecule has 142 valence electrons. The molecule has 0 aliphatic heterocycles. The number of ether oxygens (including phenoxy) is 1. The summed E-state index contributed by atoms with van der Waals surface area (Å²) < 4.78 is 11.7. The monoisotopic (exact) mass is 393 g/mol. The highest BCUT2D eigenvalue weighted by Crippen LogP contribution is 2.35. The summed E-state index contributed by atoms with van der Waals surface area (Å²) in [6.45, 7) is 0.834. The van der Waals surface area contributed by atoms with Gasteiger partial charge in [0.15, 0.2) is 0 Å². The number of rotatable bonds is 7. The minimum absolute atomic E-state index is 0.0702. The van der Waals surface area contributed by atoms with Crippen molar-refractivity contribution in [3.05, 3.63) is 76.9 Å². The first-order valence-electron chi connectivity index (χ1n) is 8.84. The van der Waals surface area contributed by atoms with E-state index in [0.717, 1.165) is 32.5 Å². The molecule has 2 aromatic carbocycles. The van der Waals surface area contributed by atoms with Crippen LogP contribution in [-0.4, -0.2) is 11.1 Å². The smallest absolute Gasteiger partial charge is 0.307 e. The van der Waals surface area contributed by atoms with Gasteiger partial charge in [-0.05, 0) is 46.8 Å². The van der Waals surface area contributed by atoms with Gasteiger partial charge in [0, 0.05) is 27.9 Å². The molecule has 0 spiro atoms. The highest BCUT2D eigenvalue weighted by molar-refractivity contribution is 7.13. The number of nitrogens with two attached hydrogens (primary N) is 1. The second-order valence-electron chi connectivity index (χ2n) is 6.47. The Hall–Kier alpha value is -3.09. The maximum atomic E-state index is 11.1. The second kappa shape index (κ2) is 7.88. The van der Waals surface area contributed by atoms with Crippen LogP contribution in [0.4, 0.5) is 0 Å². The number of para-hydroxylation sites is 1. The Kier molecular flexibility index (Phi) is 5.14. The first-order chi connectivity index (χ1) is 13.6. The Morgan fingerprint density at radius 1 is 1.14 bits per heavy atom. The minimum atomic E-state index is -0.883. The molecule has 0 amide bonds. The lowest BCUT2D eigenvalue weighted by molar-refractivity contribution is -0.136. The molecule has 0 saturated carbocycles. The van der Waals surface area contributed by atoms with Crippen molar-refractivity contribution >= 4 is 28.3 Å². The number of carboxylic acids is 1. The average Bonchev–Trinajstić information content (AvgIpc) is 3.35. The standard InChI is InChI=1S/C22H19NO4S/c23-11-15-9-20(28-13-15)18-8-14(7-17-5-6-26-22(17)18)12-27-19-4-2-1-3-16(19)10-21(24)25/h1-9,13H,10-12,23H2,(H,24,25). The maximum absolute atomic E-state index is 11.1. The third-order valence-corrected chi connectivity index (χ3v) is 5.49. The number of thiophene rings is 1. The number of benzene rings is 2. The lowest BCUT2D eigenvalue weighted by atomic mass is 10.1. The topological polar surface area (TPSA) is 85.7 Å². The lowest BCUT2D eigenvalue weighted by Gasteiger charge is -2.11. The molecule has 0 fully saturated rings. The summed E-state index contributed by atoms with van der Waals surface area (Å²) in [5.74, 6) is -0.299. The predicted octanol–water partition coefficient (Wildman–Crippen LogP) is 4.83. The summed E-state index contributed by atoms with van der Waals surface area (Å²) in [6, 6.07) is 15.3. The molecule has 0 aliphatic rings. The van der Waals surface area contributed by atoms with Crippen molar-refractivity contribution in [2.24, 2.45) is 5.73 Å². The Morgan fingerprint density at radius 3 is 2.79 bits per heavy atom. The van der Waals surface area contributed by atoms with Crippen LogP contribution in [0, 0.1) is 0 Å². The van der Waals surface area contributed by atoms with Crippen molar-refractivity contribution in [1.82, 2.24) is 0 Å². The lowest BCUT2D eigenvalue weighted by Crippen LogP contribution is -2.04. The summed E-state index contributed by atoms with van der Waals surface area (Å²) in [7, 11) is 0. The van der Waals surface area contributed by atoms with E-state index in [1.54, 1.807) is 29.7 Å². The highest BCUT2D eigenvalue weighted by atomic mass is 32.1. The SMILES string of the molecule is NCc1csc(-c2cc(COc3ccccc3CC(=O)O)cc3ccoc23)c1. The van der Waals surface area contributed by atoms with E-state index in [4.69, 9.17) is 20.0 Å². The van der Waals surface area contributed by atoms with Crippen molar-refractivity contribution < 1.29 is 19.1 Å². The van der Waals surface area contributed by atoms with Crippen molar-refractivity contribution in [2.45, 2.75) is 19.6 Å². The Balaban J connectivity index is 1.64. The van der Waals surface area contributed by atoms with Crippen LogP contribution in [0.2, 0.25) is 0 Å². The zero-order chi connectivity index (χ0) is 19.5. The molecule has 2 heterocycles. The van der Waals surface area contributed by atoms with Gasteiger partial charge >= 0.3 is 5.97 Å². The molecule has 5 nitrogen and oxygen atoms in total. The van der Waals surface area contributed by atoms with Crippen LogP contribution in [-0.2, 0) is 24.4 Å². The number of furan rings is 1. The molecule has 0 saturated heterocycles. The van der Waals surface area contributed by atoms with Crippen molar-refractivity contribution in [3.8, 4) is 16.2 Å². The van der Waals surface area contributed by atoms with Crippen LogP contribution in [0.3, 0.4) is 0 Å². The number of fused-ring (bicyclic) bond motifs is 1. The Bertz CT molecular complexity index is 1130. The average molecular weight is 393 g/mol. The molecular formula is C22H19NO4S. The van der Waals surface area contributed by atoms with Gasteiger partial charge in [-0.25, -0.2) is 0 Å². The molecule has 0 unspecified atom stereocenters. The van der Waals surface area contributed by atoms with Crippen LogP contribution in [0.5, 0.6) is 5.75 Å². The van der Waals surface area contributed by atoms with Gasteiger partial charge in [0.1, 0.15) is 17.9 Å². The molecule has 4 rings (SSSR count). The van der Waals surface area contributed by atoms with E-state index in [2.05, 4.69) is 17.5 Å². The van der Waals surface area contributed by atoms with Crippen molar-refractivity contribution in [1.29, 1.82) is 0 Å². The molecule has 3 N–H and O–H groups in total. The molecule has 0 atom stereocenters. The molecule has 0 aliphatic carbocycles. The van der Waals surface area contributed by atoms with E-state index in [1.807, 2.05) is 24.3 Å². The van der Waals surface area contributed by atoms with Crippen LogP contribution in [0.25, 0.3) is 21.4 Å². The number of carbonyl (C=O) groups is 1. The molecule has 0 radical (unpaired) electrons. The Morgan fingerprint density at radius 2 is 2.00 bits per heavy atom. The van der Waals surface area contributed by atoms with E-state index in [-0.39, 0.29) is 6.42 Å². The number of hydrogen-bond acceptors (Lipinski definition) is 5. The van der Waals surface area contributed by atoms with Gasteiger partial charge in [-0.3, -0.25) is 4.79 Å². The van der Waals surface area contributed by atoms with Gasteiger partial charge in [0.2, 0.25) is 0 Å². The third kappa shape index (κ3) is 3.78. The van der Waals surface area contributed by atoms with Gasteiger partial charge in [-0.15, -0.1) is 11.3 Å². The summed E-state index contributed by atoms with van der Waals surface area (Å²) >= 11 is 1.63. The molecule has 28 heavy (non-hydrogen) atoms. The highest BCUT2D eigenvalue weighted by Gasteiger charge is 2.13. The van der Waals surface area contributed by atoms with Crippen molar-refractivity contribution in [2.75, 3.05) is 0 Å². The molecule has 4 aromatic rings. The fraction of sp³-hybridized carbons (Fsp3) is 0.136. The largest absolute Gasteiger partial charge is 0.489 e. The first-order valence-corrected chi connectivity index (χ1v) is 9.72.